The number of aromatic nitrogens is 3. The Bertz CT molecular complexity index is 676. The van der Waals surface area contributed by atoms with E-state index >= 15 is 0 Å². The van der Waals surface area contributed by atoms with E-state index in [1.807, 2.05) is 0 Å². The normalized spacial score (nSPS) is 11.9. The molecule has 0 aliphatic carbocycles. The Balaban J connectivity index is 2.02. The third-order valence-corrected chi connectivity index (χ3v) is 3.65. The first-order valence-corrected chi connectivity index (χ1v) is 6.96. The molecule has 0 saturated heterocycles. The zero-order valence-corrected chi connectivity index (χ0v) is 12.0. The van der Waals surface area contributed by atoms with Gasteiger partial charge in [-0.2, -0.15) is 5.10 Å². The minimum Gasteiger partial charge on any atom is -0.324 e. The van der Waals surface area contributed by atoms with Crippen molar-refractivity contribution in [3.8, 4) is 0 Å². The van der Waals surface area contributed by atoms with Crippen LogP contribution in [0.15, 0.2) is 40.4 Å². The van der Waals surface area contributed by atoms with Crippen molar-refractivity contribution in [3.05, 3.63) is 45.8 Å². The molecule has 0 aliphatic heterocycles. The quantitative estimate of drug-likeness (QED) is 0.843. The lowest BCUT2D eigenvalue weighted by molar-refractivity contribution is -0.115. The number of thioether (sulfide) groups is 1. The predicted octanol–water partition coefficient (Wildman–Crippen LogP) is 1.94. The molecule has 2 aromatic rings. The van der Waals surface area contributed by atoms with Crippen LogP contribution in [0, 0.1) is 0 Å². The van der Waals surface area contributed by atoms with Crippen molar-refractivity contribution >= 4 is 35.0 Å². The molecule has 1 heterocycles. The minimum absolute atomic E-state index is 0.241. The molecular weight excluding hydrogens is 300 g/mol. The number of amides is 1. The Hall–Kier alpha value is -1.86. The average molecular weight is 311 g/mol. The van der Waals surface area contributed by atoms with Gasteiger partial charge in [-0.25, -0.2) is 0 Å². The summed E-state index contributed by atoms with van der Waals surface area (Å²) in [4.78, 5) is 25.6. The van der Waals surface area contributed by atoms with Crippen molar-refractivity contribution in [2.24, 2.45) is 0 Å². The van der Waals surface area contributed by atoms with Gasteiger partial charge in [0.15, 0.2) is 5.16 Å². The highest BCUT2D eigenvalue weighted by atomic mass is 35.5. The molecule has 1 atom stereocenters. The molecule has 0 aliphatic rings. The molecule has 0 bridgehead atoms. The van der Waals surface area contributed by atoms with E-state index in [1.54, 1.807) is 31.2 Å². The molecule has 0 radical (unpaired) electrons. The number of H-pyrrole nitrogens is 1. The van der Waals surface area contributed by atoms with Gasteiger partial charge >= 0.3 is 0 Å². The van der Waals surface area contributed by atoms with Gasteiger partial charge in [0, 0.05) is 0 Å². The summed E-state index contributed by atoms with van der Waals surface area (Å²) in [7, 11) is 0. The number of aromatic amines is 1. The molecule has 2 rings (SSSR count). The molecule has 0 spiro atoms. The van der Waals surface area contributed by atoms with Crippen molar-refractivity contribution < 1.29 is 4.79 Å². The highest BCUT2D eigenvalue weighted by Crippen LogP contribution is 2.23. The fraction of sp³-hybridized carbons (Fsp3) is 0.167. The van der Waals surface area contributed by atoms with E-state index in [9.17, 15) is 9.59 Å². The Kier molecular flexibility index (Phi) is 4.75. The fourth-order valence-corrected chi connectivity index (χ4v) is 2.30. The van der Waals surface area contributed by atoms with E-state index in [1.165, 1.54) is 0 Å². The number of para-hydroxylation sites is 1. The van der Waals surface area contributed by atoms with Crippen LogP contribution in [0.3, 0.4) is 0 Å². The number of carbonyl (C=O) groups excluding carboxylic acids is 1. The summed E-state index contributed by atoms with van der Waals surface area (Å²) in [5, 5.41) is 10.3. The number of carbonyl (C=O) groups is 1. The molecule has 104 valence electrons. The van der Waals surface area contributed by atoms with E-state index in [0.717, 1.165) is 18.0 Å². The maximum absolute atomic E-state index is 12.0. The van der Waals surface area contributed by atoms with Crippen LogP contribution < -0.4 is 10.9 Å². The lowest BCUT2D eigenvalue weighted by atomic mass is 10.3. The largest absolute Gasteiger partial charge is 0.324 e. The van der Waals surface area contributed by atoms with Crippen LogP contribution in [0.5, 0.6) is 0 Å². The van der Waals surface area contributed by atoms with Crippen molar-refractivity contribution in [1.29, 1.82) is 0 Å². The van der Waals surface area contributed by atoms with Gasteiger partial charge < -0.3 is 5.32 Å². The molecule has 0 saturated carbocycles. The van der Waals surface area contributed by atoms with Crippen LogP contribution in [0.25, 0.3) is 0 Å². The zero-order chi connectivity index (χ0) is 14.5. The summed E-state index contributed by atoms with van der Waals surface area (Å²) < 4.78 is 0. The van der Waals surface area contributed by atoms with E-state index < -0.39 is 5.25 Å². The number of anilines is 1. The second-order valence-electron chi connectivity index (χ2n) is 3.87. The summed E-state index contributed by atoms with van der Waals surface area (Å²) in [6.45, 7) is 1.70. The highest BCUT2D eigenvalue weighted by Gasteiger charge is 2.16. The number of hydrogen-bond donors (Lipinski definition) is 2. The van der Waals surface area contributed by atoms with Crippen LogP contribution in [-0.4, -0.2) is 26.3 Å². The van der Waals surface area contributed by atoms with E-state index in [2.05, 4.69) is 20.5 Å². The lowest BCUT2D eigenvalue weighted by Gasteiger charge is -2.11. The van der Waals surface area contributed by atoms with Gasteiger partial charge in [-0.15, -0.1) is 5.10 Å². The van der Waals surface area contributed by atoms with Crippen LogP contribution in [0.4, 0.5) is 5.69 Å². The number of halogens is 1. The number of nitrogens with one attached hydrogen (secondary N) is 2. The second-order valence-corrected chi connectivity index (χ2v) is 5.60. The Labute approximate surface area is 124 Å². The van der Waals surface area contributed by atoms with Gasteiger partial charge in [-0.1, -0.05) is 35.5 Å². The summed E-state index contributed by atoms with van der Waals surface area (Å²) in [5.41, 5.74) is 0.181. The minimum atomic E-state index is -0.460. The maximum atomic E-state index is 12.0. The lowest BCUT2D eigenvalue weighted by Crippen LogP contribution is -2.23. The monoisotopic (exact) mass is 310 g/mol. The zero-order valence-electron chi connectivity index (χ0n) is 10.5. The topological polar surface area (TPSA) is 87.7 Å². The average Bonchev–Trinajstić information content (AvgIpc) is 2.41. The molecule has 1 amide bonds. The molecule has 0 fully saturated rings. The van der Waals surface area contributed by atoms with E-state index in [-0.39, 0.29) is 11.5 Å². The van der Waals surface area contributed by atoms with Crippen LogP contribution in [0.2, 0.25) is 5.02 Å². The summed E-state index contributed by atoms with van der Waals surface area (Å²) in [6.07, 6.45) is 1.07. The summed E-state index contributed by atoms with van der Waals surface area (Å²) in [6, 6.07) is 6.96. The second kappa shape index (κ2) is 6.53. The highest BCUT2D eigenvalue weighted by molar-refractivity contribution is 8.00. The number of hydrogen-bond acceptors (Lipinski definition) is 5. The Morgan fingerprint density at radius 1 is 1.45 bits per heavy atom. The van der Waals surface area contributed by atoms with Gasteiger partial charge in [0.2, 0.25) is 5.91 Å². The first-order valence-electron chi connectivity index (χ1n) is 5.70. The molecule has 8 heteroatoms. The third-order valence-electron chi connectivity index (χ3n) is 2.34. The third kappa shape index (κ3) is 3.82. The van der Waals surface area contributed by atoms with Crippen LogP contribution in [0.1, 0.15) is 6.92 Å². The van der Waals surface area contributed by atoms with Gasteiger partial charge in [-0.3, -0.25) is 14.6 Å². The van der Waals surface area contributed by atoms with Crippen molar-refractivity contribution in [2.75, 3.05) is 5.32 Å². The first kappa shape index (κ1) is 14.5. The van der Waals surface area contributed by atoms with Gasteiger partial charge in [0.05, 0.1) is 16.0 Å². The molecule has 2 N–H and O–H groups in total. The fourth-order valence-electron chi connectivity index (χ4n) is 1.37. The van der Waals surface area contributed by atoms with Crippen molar-refractivity contribution in [2.45, 2.75) is 17.3 Å². The molecule has 1 unspecified atom stereocenters. The SMILES string of the molecule is CC(Sc1nncc(=O)[nH]1)C(=O)Nc1ccccc1Cl. The van der Waals surface area contributed by atoms with E-state index in [4.69, 9.17) is 11.6 Å². The van der Waals surface area contributed by atoms with E-state index in [0.29, 0.717) is 15.9 Å². The van der Waals surface area contributed by atoms with Gasteiger partial charge in [0.25, 0.3) is 5.56 Å². The van der Waals surface area contributed by atoms with Crippen molar-refractivity contribution in [1.82, 2.24) is 15.2 Å². The molecule has 20 heavy (non-hydrogen) atoms. The number of benzene rings is 1. The van der Waals surface area contributed by atoms with Crippen LogP contribution in [-0.2, 0) is 4.79 Å². The first-order chi connectivity index (χ1) is 9.56. The maximum Gasteiger partial charge on any atom is 0.270 e. The summed E-state index contributed by atoms with van der Waals surface area (Å²) in [5.74, 6) is -0.241. The van der Waals surface area contributed by atoms with Crippen molar-refractivity contribution in [3.63, 3.8) is 0 Å². The number of nitrogens with zero attached hydrogens (tertiary/aromatic N) is 2. The molecule has 1 aromatic carbocycles. The van der Waals surface area contributed by atoms with Crippen LogP contribution >= 0.6 is 23.4 Å². The molecule has 1 aromatic heterocycles. The van der Waals surface area contributed by atoms with Gasteiger partial charge in [0.1, 0.15) is 6.20 Å². The predicted molar refractivity (Wildman–Crippen MR) is 78.1 cm³/mol. The Morgan fingerprint density at radius 2 is 2.20 bits per heavy atom. The molecule has 6 nitrogen and oxygen atoms in total. The van der Waals surface area contributed by atoms with Gasteiger partial charge in [-0.05, 0) is 19.1 Å². The molecular formula is C12H11ClN4O2S. The Morgan fingerprint density at radius 3 is 2.90 bits per heavy atom. The number of rotatable bonds is 4. The summed E-state index contributed by atoms with van der Waals surface area (Å²) >= 11 is 7.07. The smallest absolute Gasteiger partial charge is 0.270 e. The standard InChI is InChI=1S/C12H11ClN4O2S/c1-7(20-12-16-10(18)6-14-17-12)11(19)15-9-5-3-2-4-8(9)13/h2-7H,1H3,(H,15,19)(H,16,17,18).